The molecule has 9 aromatic carbocycles. The maximum atomic E-state index is 2.46. The van der Waals surface area contributed by atoms with Crippen LogP contribution in [0.1, 0.15) is 0 Å². The summed E-state index contributed by atoms with van der Waals surface area (Å²) in [4.78, 5) is 7.23. The Morgan fingerprint density at radius 2 is 0.797 bits per heavy atom. The number of anilines is 9. The first kappa shape index (κ1) is 34.5. The third kappa shape index (κ3) is 6.12. The predicted molar refractivity (Wildman–Crippen MR) is 251 cm³/mol. The normalized spacial score (nSPS) is 12.1. The van der Waals surface area contributed by atoms with Gasteiger partial charge in [0.2, 0.25) is 0 Å². The predicted octanol–water partition coefficient (Wildman–Crippen LogP) is 12.9. The standard InChI is InChI=1S/C54H39BN4/c1-6-19-39(20-7-1)56(40-21-8-2-9-22-40)46-33-34-49-53(36-46)57(41-23-10-3-11-24-41)44-29-18-30-45(35-44)58(42-25-12-4-13-26-42)54-38-52-48(37-50(54)55-49)47-31-16-17-32-51(47)59(52)43-27-14-5-15-28-43/h1-38,55H. The van der Waals surface area contributed by atoms with Crippen LogP contribution in [-0.2, 0) is 0 Å². The molecule has 10 aromatic rings. The van der Waals surface area contributed by atoms with Gasteiger partial charge < -0.3 is 19.3 Å². The fourth-order valence-corrected chi connectivity index (χ4v) is 8.89. The van der Waals surface area contributed by atoms with E-state index < -0.39 is 0 Å². The van der Waals surface area contributed by atoms with Crippen molar-refractivity contribution < 1.29 is 0 Å². The molecule has 1 aliphatic heterocycles. The van der Waals surface area contributed by atoms with Gasteiger partial charge in [0.15, 0.2) is 7.28 Å². The van der Waals surface area contributed by atoms with E-state index in [1.54, 1.807) is 0 Å². The van der Waals surface area contributed by atoms with Crippen molar-refractivity contribution in [2.45, 2.75) is 0 Å². The van der Waals surface area contributed by atoms with Crippen LogP contribution in [0.3, 0.4) is 0 Å². The number of hydrogen-bond acceptors (Lipinski definition) is 3. The van der Waals surface area contributed by atoms with E-state index in [0.29, 0.717) is 7.28 Å². The summed E-state index contributed by atoms with van der Waals surface area (Å²) in [5.74, 6) is 0. The van der Waals surface area contributed by atoms with Gasteiger partial charge >= 0.3 is 0 Å². The van der Waals surface area contributed by atoms with Crippen molar-refractivity contribution >= 4 is 91.2 Å². The van der Waals surface area contributed by atoms with Crippen molar-refractivity contribution in [1.82, 2.24) is 4.57 Å². The van der Waals surface area contributed by atoms with Crippen LogP contribution in [0.25, 0.3) is 27.5 Å². The number of hydrogen-bond donors (Lipinski definition) is 0. The average Bonchev–Trinajstić information content (AvgIpc) is 3.62. The summed E-state index contributed by atoms with van der Waals surface area (Å²) in [5, 5.41) is 2.47. The van der Waals surface area contributed by atoms with E-state index in [9.17, 15) is 0 Å². The topological polar surface area (TPSA) is 14.7 Å². The minimum Gasteiger partial charge on any atom is -0.311 e. The zero-order valence-corrected chi connectivity index (χ0v) is 32.4. The lowest BCUT2D eigenvalue weighted by Gasteiger charge is -2.34. The van der Waals surface area contributed by atoms with Crippen molar-refractivity contribution in [2.75, 3.05) is 14.7 Å². The molecule has 0 unspecified atom stereocenters. The van der Waals surface area contributed by atoms with Crippen molar-refractivity contribution in [3.05, 3.63) is 231 Å². The van der Waals surface area contributed by atoms with Crippen LogP contribution in [0.4, 0.5) is 51.2 Å². The molecule has 0 N–H and O–H groups in total. The van der Waals surface area contributed by atoms with Gasteiger partial charge in [-0.1, -0.05) is 138 Å². The van der Waals surface area contributed by atoms with Crippen LogP contribution in [0, 0.1) is 0 Å². The van der Waals surface area contributed by atoms with Gasteiger partial charge in [-0.25, -0.2) is 0 Å². The smallest absolute Gasteiger partial charge is 0.197 e. The third-order valence-electron chi connectivity index (χ3n) is 11.5. The van der Waals surface area contributed by atoms with E-state index in [4.69, 9.17) is 0 Å². The summed E-state index contributed by atoms with van der Waals surface area (Å²) >= 11 is 0. The van der Waals surface area contributed by atoms with Gasteiger partial charge in [-0.05, 0) is 103 Å². The molecule has 0 saturated heterocycles. The van der Waals surface area contributed by atoms with Crippen LogP contribution in [-0.4, -0.2) is 11.8 Å². The SMILES string of the molecule is B1c2ccc(N(c3ccccc3)c3ccccc3)cc2N(c2ccccc2)c2cccc(c2)N(c2ccccc2)c2cc3c(cc21)c1ccccc1n3-c1ccccc1. The van der Waals surface area contributed by atoms with E-state index >= 15 is 0 Å². The van der Waals surface area contributed by atoms with Crippen LogP contribution >= 0.6 is 0 Å². The molecule has 11 rings (SSSR count). The highest BCUT2D eigenvalue weighted by Gasteiger charge is 2.27. The fraction of sp³-hybridized carbons (Fsp3) is 0. The molecule has 1 aliphatic rings. The second kappa shape index (κ2) is 14.6. The molecule has 278 valence electrons. The number of rotatable bonds is 6. The summed E-state index contributed by atoms with van der Waals surface area (Å²) < 4.78 is 2.42. The molecule has 0 radical (unpaired) electrons. The molecule has 0 saturated carbocycles. The first-order valence-corrected chi connectivity index (χ1v) is 20.2. The molecular weight excluding hydrogens is 715 g/mol. The maximum absolute atomic E-state index is 2.46. The molecule has 2 bridgehead atoms. The molecule has 0 amide bonds. The van der Waals surface area contributed by atoms with E-state index in [2.05, 4.69) is 250 Å². The second-order valence-electron chi connectivity index (χ2n) is 15.0. The fourth-order valence-electron chi connectivity index (χ4n) is 8.89. The Morgan fingerprint density at radius 1 is 0.305 bits per heavy atom. The minimum absolute atomic E-state index is 0.708. The minimum atomic E-state index is 0.708. The summed E-state index contributed by atoms with van der Waals surface area (Å²) in [6, 6.07) is 83.4. The average molecular weight is 755 g/mol. The summed E-state index contributed by atoms with van der Waals surface area (Å²) in [5.41, 5.74) is 15.9. The molecular formula is C54H39BN4. The lowest BCUT2D eigenvalue weighted by molar-refractivity contribution is 1.18. The monoisotopic (exact) mass is 754 g/mol. The highest BCUT2D eigenvalue weighted by atomic mass is 15.2. The molecule has 59 heavy (non-hydrogen) atoms. The van der Waals surface area contributed by atoms with Crippen LogP contribution in [0.2, 0.25) is 0 Å². The molecule has 0 fully saturated rings. The van der Waals surface area contributed by atoms with E-state index in [1.807, 2.05) is 0 Å². The molecule has 4 nitrogen and oxygen atoms in total. The van der Waals surface area contributed by atoms with Gasteiger partial charge in [0.25, 0.3) is 0 Å². The highest BCUT2D eigenvalue weighted by Crippen LogP contribution is 2.44. The van der Waals surface area contributed by atoms with Crippen LogP contribution in [0.5, 0.6) is 0 Å². The van der Waals surface area contributed by atoms with Crippen LogP contribution < -0.4 is 25.6 Å². The summed E-state index contributed by atoms with van der Waals surface area (Å²) in [7, 11) is 0.708. The van der Waals surface area contributed by atoms with Crippen molar-refractivity contribution in [2.24, 2.45) is 0 Å². The zero-order chi connectivity index (χ0) is 39.1. The molecule has 2 heterocycles. The Kier molecular flexibility index (Phi) is 8.56. The van der Waals surface area contributed by atoms with Crippen LogP contribution in [0.15, 0.2) is 231 Å². The molecule has 1 aromatic heterocycles. The molecule has 0 atom stereocenters. The Hall–Kier alpha value is -7.76. The largest absolute Gasteiger partial charge is 0.311 e. The Bertz CT molecular complexity index is 3040. The number of benzene rings is 9. The van der Waals surface area contributed by atoms with Gasteiger partial charge in [0, 0.05) is 67.6 Å². The van der Waals surface area contributed by atoms with Gasteiger partial charge in [0.05, 0.1) is 11.0 Å². The Balaban J connectivity index is 1.22. The lowest BCUT2D eigenvalue weighted by Crippen LogP contribution is -2.35. The van der Waals surface area contributed by atoms with Gasteiger partial charge in [-0.2, -0.15) is 0 Å². The van der Waals surface area contributed by atoms with E-state index in [1.165, 1.54) is 32.7 Å². The zero-order valence-electron chi connectivity index (χ0n) is 32.4. The van der Waals surface area contributed by atoms with Crippen molar-refractivity contribution in [3.8, 4) is 5.69 Å². The highest BCUT2D eigenvalue weighted by molar-refractivity contribution is 6.71. The second-order valence-corrected chi connectivity index (χ2v) is 15.0. The maximum Gasteiger partial charge on any atom is 0.197 e. The summed E-state index contributed by atoms with van der Waals surface area (Å²) in [6.07, 6.45) is 0. The number of nitrogens with zero attached hydrogens (tertiary/aromatic N) is 4. The Morgan fingerprint density at radius 3 is 1.39 bits per heavy atom. The number of para-hydroxylation sites is 6. The molecule has 0 spiro atoms. The van der Waals surface area contributed by atoms with Gasteiger partial charge in [-0.3, -0.25) is 0 Å². The van der Waals surface area contributed by atoms with Crippen molar-refractivity contribution in [1.29, 1.82) is 0 Å². The van der Waals surface area contributed by atoms with E-state index in [-0.39, 0.29) is 0 Å². The first-order chi connectivity index (χ1) is 29.3. The molecule has 5 heteroatoms. The number of fused-ring (bicyclic) bond motifs is 7. The molecule has 0 aliphatic carbocycles. The van der Waals surface area contributed by atoms with Gasteiger partial charge in [0.1, 0.15) is 0 Å². The van der Waals surface area contributed by atoms with Crippen molar-refractivity contribution in [3.63, 3.8) is 0 Å². The van der Waals surface area contributed by atoms with E-state index in [0.717, 1.165) is 56.9 Å². The third-order valence-corrected chi connectivity index (χ3v) is 11.5. The van der Waals surface area contributed by atoms with Gasteiger partial charge in [-0.15, -0.1) is 0 Å². The number of aromatic nitrogens is 1. The first-order valence-electron chi connectivity index (χ1n) is 20.2. The quantitative estimate of drug-likeness (QED) is 0.157. The lowest BCUT2D eigenvalue weighted by atomic mass is 9.61. The summed E-state index contributed by atoms with van der Waals surface area (Å²) in [6.45, 7) is 0. The Labute approximate surface area is 345 Å².